The van der Waals surface area contributed by atoms with E-state index < -0.39 is 0 Å². The zero-order chi connectivity index (χ0) is 10.5. The summed E-state index contributed by atoms with van der Waals surface area (Å²) in [5, 5.41) is 0. The molecule has 1 aromatic heterocycles. The van der Waals surface area contributed by atoms with Crippen LogP contribution in [-0.4, -0.2) is 21.7 Å². The fourth-order valence-corrected chi connectivity index (χ4v) is 1.28. The highest BCUT2D eigenvalue weighted by Crippen LogP contribution is 2.05. The van der Waals surface area contributed by atoms with Crippen LogP contribution in [0.2, 0.25) is 0 Å². The van der Waals surface area contributed by atoms with Gasteiger partial charge in [-0.15, -0.1) is 0 Å². The molecule has 1 atom stereocenters. The molecule has 0 aromatic carbocycles. The van der Waals surface area contributed by atoms with Crippen LogP contribution in [0.3, 0.4) is 0 Å². The van der Waals surface area contributed by atoms with E-state index in [1.54, 1.807) is 12.4 Å². The molecule has 0 fully saturated rings. The van der Waals surface area contributed by atoms with Gasteiger partial charge in [-0.05, 0) is 25.3 Å². The predicted molar refractivity (Wildman–Crippen MR) is 59.6 cm³/mol. The van der Waals surface area contributed by atoms with Crippen LogP contribution in [-0.2, 0) is 0 Å². The summed E-state index contributed by atoms with van der Waals surface area (Å²) in [5.41, 5.74) is 1.64. The molecule has 74 valence electrons. The Morgan fingerprint density at radius 2 is 2.07 bits per heavy atom. The Morgan fingerprint density at radius 1 is 1.27 bits per heavy atom. The Balaban J connectivity index is 2.16. The van der Waals surface area contributed by atoms with E-state index in [9.17, 15) is 0 Å². The van der Waals surface area contributed by atoms with E-state index in [1.807, 2.05) is 6.08 Å². The number of hydrogen-bond donors (Lipinski definition) is 0. The summed E-state index contributed by atoms with van der Waals surface area (Å²) in [6.07, 6.45) is 9.93. The third-order valence-electron chi connectivity index (χ3n) is 2.01. The zero-order valence-corrected chi connectivity index (χ0v) is 8.51. The van der Waals surface area contributed by atoms with E-state index in [-0.39, 0.29) is 0 Å². The Kier molecular flexibility index (Phi) is 2.89. The second-order valence-corrected chi connectivity index (χ2v) is 3.38. The molecule has 15 heavy (non-hydrogen) atoms. The summed E-state index contributed by atoms with van der Waals surface area (Å²) >= 11 is 0. The monoisotopic (exact) mass is 197 g/mol. The first-order chi connectivity index (χ1) is 7.34. The van der Waals surface area contributed by atoms with Crippen molar-refractivity contribution < 1.29 is 0 Å². The molecule has 2 rings (SSSR count). The van der Waals surface area contributed by atoms with Gasteiger partial charge in [-0.2, -0.15) is 0 Å². The first-order valence-electron chi connectivity index (χ1n) is 4.86. The van der Waals surface area contributed by atoms with Crippen LogP contribution in [0.15, 0.2) is 35.9 Å². The van der Waals surface area contributed by atoms with Gasteiger partial charge in [-0.1, -0.05) is 12.0 Å². The molecule has 0 aliphatic carbocycles. The number of hydrogen-bond acceptors (Lipinski definition) is 3. The number of aliphatic imine (C=N–C) groups is 1. The average molecular weight is 197 g/mol. The van der Waals surface area contributed by atoms with Crippen molar-refractivity contribution in [2.75, 3.05) is 0 Å². The Hall–Kier alpha value is -1.95. The topological polar surface area (TPSA) is 38.1 Å². The van der Waals surface area contributed by atoms with E-state index >= 15 is 0 Å². The highest BCUT2D eigenvalue weighted by molar-refractivity contribution is 6.09. The summed E-state index contributed by atoms with van der Waals surface area (Å²) in [5.74, 6) is 5.98. The van der Waals surface area contributed by atoms with Gasteiger partial charge < -0.3 is 0 Å². The third kappa shape index (κ3) is 2.75. The summed E-state index contributed by atoms with van der Waals surface area (Å²) in [6, 6.07) is 0.339. The fraction of sp³-hybridized carbons (Fsp3) is 0.250. The molecular weight excluding hydrogens is 186 g/mol. The average Bonchev–Trinajstić information content (AvgIpc) is 2.28. The summed E-state index contributed by atoms with van der Waals surface area (Å²) < 4.78 is 0. The fourth-order valence-electron chi connectivity index (χ4n) is 1.28. The van der Waals surface area contributed by atoms with E-state index in [0.717, 1.165) is 17.7 Å². The molecule has 0 spiro atoms. The van der Waals surface area contributed by atoms with E-state index in [0.29, 0.717) is 6.04 Å². The van der Waals surface area contributed by atoms with Gasteiger partial charge in [0.25, 0.3) is 0 Å². The minimum absolute atomic E-state index is 0.339. The van der Waals surface area contributed by atoms with Gasteiger partial charge >= 0.3 is 0 Å². The normalized spacial score (nSPS) is 19.0. The van der Waals surface area contributed by atoms with Crippen molar-refractivity contribution in [2.24, 2.45) is 4.99 Å². The van der Waals surface area contributed by atoms with Gasteiger partial charge in [0.2, 0.25) is 0 Å². The quantitative estimate of drug-likeness (QED) is 0.593. The van der Waals surface area contributed by atoms with Crippen LogP contribution in [0.1, 0.15) is 18.9 Å². The molecular formula is C12H11N3. The van der Waals surface area contributed by atoms with Gasteiger partial charge in [0.15, 0.2) is 0 Å². The van der Waals surface area contributed by atoms with Crippen molar-refractivity contribution in [3.8, 4) is 11.8 Å². The smallest absolute Gasteiger partial charge is 0.115 e. The van der Waals surface area contributed by atoms with Crippen LogP contribution in [0.5, 0.6) is 0 Å². The first-order valence-corrected chi connectivity index (χ1v) is 4.86. The Bertz CT molecular complexity index is 449. The minimum atomic E-state index is 0.339. The van der Waals surface area contributed by atoms with Gasteiger partial charge in [0, 0.05) is 12.4 Å². The molecule has 1 aliphatic heterocycles. The molecule has 0 N–H and O–H groups in total. The van der Waals surface area contributed by atoms with Crippen LogP contribution < -0.4 is 0 Å². The van der Waals surface area contributed by atoms with Gasteiger partial charge in [-0.25, -0.2) is 9.97 Å². The maximum atomic E-state index is 4.41. The highest BCUT2D eigenvalue weighted by Gasteiger charge is 2.02. The molecule has 0 amide bonds. The molecule has 0 saturated carbocycles. The van der Waals surface area contributed by atoms with Crippen molar-refractivity contribution in [2.45, 2.75) is 19.4 Å². The molecule has 3 nitrogen and oxygen atoms in total. The molecule has 0 radical (unpaired) electrons. The minimum Gasteiger partial charge on any atom is -0.273 e. The lowest BCUT2D eigenvalue weighted by molar-refractivity contribution is 0.754. The lowest BCUT2D eigenvalue weighted by Gasteiger charge is -2.06. The maximum absolute atomic E-state index is 4.41. The lowest BCUT2D eigenvalue weighted by Crippen LogP contribution is -2.05. The number of allylic oxidation sites excluding steroid dienone is 1. The molecule has 1 unspecified atom stereocenters. The van der Waals surface area contributed by atoms with Gasteiger partial charge in [0.05, 0.1) is 11.6 Å². The third-order valence-corrected chi connectivity index (χ3v) is 2.01. The largest absolute Gasteiger partial charge is 0.273 e. The van der Waals surface area contributed by atoms with Gasteiger partial charge in [0.1, 0.15) is 12.0 Å². The molecule has 2 heterocycles. The van der Waals surface area contributed by atoms with Crippen LogP contribution in [0.4, 0.5) is 0 Å². The zero-order valence-electron chi connectivity index (χ0n) is 8.51. The van der Waals surface area contributed by atoms with Crippen LogP contribution in [0, 0.1) is 11.8 Å². The SMILES string of the molecule is CC1CC=CC(C#Cc2cncnc2)=N1. The van der Waals surface area contributed by atoms with E-state index in [1.165, 1.54) is 6.33 Å². The summed E-state index contributed by atoms with van der Waals surface area (Å²) in [7, 11) is 0. The molecule has 1 aliphatic rings. The van der Waals surface area contributed by atoms with Crippen molar-refractivity contribution in [3.63, 3.8) is 0 Å². The predicted octanol–water partition coefficient (Wildman–Crippen LogP) is 1.62. The summed E-state index contributed by atoms with van der Waals surface area (Å²) in [6.45, 7) is 2.08. The lowest BCUT2D eigenvalue weighted by atomic mass is 10.1. The maximum Gasteiger partial charge on any atom is 0.115 e. The van der Waals surface area contributed by atoms with E-state index in [2.05, 4.69) is 39.8 Å². The molecule has 0 saturated heterocycles. The van der Waals surface area contributed by atoms with Crippen molar-refractivity contribution in [1.29, 1.82) is 0 Å². The van der Waals surface area contributed by atoms with Crippen LogP contribution >= 0.6 is 0 Å². The number of nitrogens with zero attached hydrogens (tertiary/aromatic N) is 3. The molecule has 1 aromatic rings. The van der Waals surface area contributed by atoms with Gasteiger partial charge in [-0.3, -0.25) is 4.99 Å². The van der Waals surface area contributed by atoms with Crippen molar-refractivity contribution >= 4 is 5.71 Å². The number of dihydropyridines is 1. The second-order valence-electron chi connectivity index (χ2n) is 3.38. The molecule has 0 bridgehead atoms. The molecule has 3 heteroatoms. The highest BCUT2D eigenvalue weighted by atomic mass is 14.8. The number of rotatable bonds is 0. The standard InChI is InChI=1S/C12H11N3/c1-10-3-2-4-12(15-10)6-5-11-7-13-9-14-8-11/h2,4,7-10H,3H2,1H3. The first kappa shape index (κ1) is 9.60. The Labute approximate surface area is 89.0 Å². The van der Waals surface area contributed by atoms with Crippen molar-refractivity contribution in [3.05, 3.63) is 36.4 Å². The number of aromatic nitrogens is 2. The second kappa shape index (κ2) is 4.52. The van der Waals surface area contributed by atoms with E-state index in [4.69, 9.17) is 0 Å². The van der Waals surface area contributed by atoms with Crippen molar-refractivity contribution in [1.82, 2.24) is 9.97 Å². The summed E-state index contributed by atoms with van der Waals surface area (Å²) in [4.78, 5) is 12.2. The Morgan fingerprint density at radius 3 is 2.80 bits per heavy atom. The van der Waals surface area contributed by atoms with Crippen LogP contribution in [0.25, 0.3) is 0 Å².